The number of fused-ring (bicyclic) bond motifs is 3. The van der Waals surface area contributed by atoms with Crippen LogP contribution in [-0.2, 0) is 20.6 Å². The maximum atomic E-state index is 11.9. The van der Waals surface area contributed by atoms with Crippen LogP contribution in [0.25, 0.3) is 0 Å². The van der Waals surface area contributed by atoms with Crippen LogP contribution in [0.3, 0.4) is 0 Å². The molecule has 3 aromatic carbocycles. The monoisotopic (exact) mass is 608 g/mol. The number of para-hydroxylation sites is 1. The smallest absolute Gasteiger partial charge is 0.232 e. The number of hydrogen-bond donors (Lipinski definition) is 1. The molecule has 0 aromatic heterocycles. The van der Waals surface area contributed by atoms with Crippen LogP contribution in [0.1, 0.15) is 28.7 Å². The zero-order valence-corrected chi connectivity index (χ0v) is 25.1. The summed E-state index contributed by atoms with van der Waals surface area (Å²) in [6.07, 6.45) is -1.06. The van der Waals surface area contributed by atoms with Gasteiger partial charge in [-0.1, -0.05) is 12.1 Å². The van der Waals surface area contributed by atoms with Gasteiger partial charge in [-0.2, -0.15) is 0 Å². The number of aliphatic hydroxyl groups is 1. The van der Waals surface area contributed by atoms with Crippen LogP contribution in [0, 0.1) is 5.92 Å². The summed E-state index contributed by atoms with van der Waals surface area (Å²) in [6.45, 7) is 0.838. The predicted octanol–water partition coefficient (Wildman–Crippen LogP) is 4.03. The second-order valence-electron chi connectivity index (χ2n) is 11.3. The Bertz CT molecular complexity index is 1500. The Hall–Kier alpha value is -3.90. The van der Waals surface area contributed by atoms with Crippen molar-refractivity contribution in [3.05, 3.63) is 65.2 Å². The fraction of sp³-hybridized carbons (Fsp3) is 0.455. The van der Waals surface area contributed by atoms with Crippen LogP contribution in [0.2, 0.25) is 0 Å². The van der Waals surface area contributed by atoms with Crippen molar-refractivity contribution in [2.75, 3.05) is 55.1 Å². The summed E-state index contributed by atoms with van der Waals surface area (Å²) >= 11 is 0. The number of methoxy groups -OCH3 is 4. The zero-order valence-electron chi connectivity index (χ0n) is 25.1. The summed E-state index contributed by atoms with van der Waals surface area (Å²) in [5.74, 6) is 3.71. The first kappa shape index (κ1) is 28.8. The van der Waals surface area contributed by atoms with Crippen LogP contribution < -0.4 is 33.2 Å². The summed E-state index contributed by atoms with van der Waals surface area (Å²) < 4.78 is 58.6. The van der Waals surface area contributed by atoms with Gasteiger partial charge in [0.1, 0.15) is 17.6 Å². The summed E-state index contributed by atoms with van der Waals surface area (Å²) in [5, 5.41) is 11.9. The molecule has 4 aliphatic rings. The molecule has 44 heavy (non-hydrogen) atoms. The standard InChI is InChI=1S/C33H36O11/c1-35-15-29-20(18-8-9-23-28(11-18)42-17-41-23)10-19-12-27(38-4)21(13-26(19)43-29)30-22-14-39-32(33(22,34)16-40-30)44-31-24(36-2)6-5-7-25(31)37-3/h5-9,11-13,20,22,29-30,32,34H,10,14-17H2,1-4H3/t20-,22+,29-,30+,32+,33+/m0/s1. The van der Waals surface area contributed by atoms with Crippen LogP contribution in [0.5, 0.6) is 40.2 Å². The molecule has 234 valence electrons. The van der Waals surface area contributed by atoms with Crippen LogP contribution in [0.4, 0.5) is 0 Å². The van der Waals surface area contributed by atoms with Gasteiger partial charge in [0.05, 0.1) is 53.2 Å². The fourth-order valence-corrected chi connectivity index (χ4v) is 6.69. The molecule has 0 spiro atoms. The van der Waals surface area contributed by atoms with E-state index in [9.17, 15) is 5.11 Å². The second kappa shape index (κ2) is 11.6. The predicted molar refractivity (Wildman–Crippen MR) is 155 cm³/mol. The molecule has 11 heteroatoms. The third kappa shape index (κ3) is 4.75. The fourth-order valence-electron chi connectivity index (χ4n) is 6.69. The lowest BCUT2D eigenvalue weighted by Crippen LogP contribution is -2.47. The van der Waals surface area contributed by atoms with Crippen LogP contribution >= 0.6 is 0 Å². The Balaban J connectivity index is 1.17. The molecule has 0 aliphatic carbocycles. The van der Waals surface area contributed by atoms with Crippen LogP contribution in [0.15, 0.2) is 48.5 Å². The van der Waals surface area contributed by atoms with Crippen molar-refractivity contribution in [2.24, 2.45) is 5.92 Å². The topological polar surface area (TPSA) is 113 Å². The molecular weight excluding hydrogens is 572 g/mol. The van der Waals surface area contributed by atoms with Gasteiger partial charge in [-0.05, 0) is 53.9 Å². The Morgan fingerprint density at radius 1 is 0.864 bits per heavy atom. The van der Waals surface area contributed by atoms with Crippen molar-refractivity contribution in [3.63, 3.8) is 0 Å². The molecule has 1 N–H and O–H groups in total. The third-order valence-corrected chi connectivity index (χ3v) is 8.99. The Labute approximate surface area is 255 Å². The Morgan fingerprint density at radius 3 is 2.39 bits per heavy atom. The summed E-state index contributed by atoms with van der Waals surface area (Å²) in [7, 11) is 6.39. The molecule has 2 fully saturated rings. The van der Waals surface area contributed by atoms with Gasteiger partial charge in [0.25, 0.3) is 0 Å². The normalized spacial score (nSPS) is 28.2. The van der Waals surface area contributed by atoms with E-state index >= 15 is 0 Å². The molecule has 0 radical (unpaired) electrons. The van der Waals surface area contributed by atoms with Gasteiger partial charge in [0.15, 0.2) is 28.6 Å². The molecule has 2 saturated heterocycles. The average Bonchev–Trinajstić information content (AvgIpc) is 3.74. The minimum atomic E-state index is -1.43. The highest BCUT2D eigenvalue weighted by Gasteiger charge is 2.61. The first-order valence-corrected chi connectivity index (χ1v) is 14.6. The summed E-state index contributed by atoms with van der Waals surface area (Å²) in [4.78, 5) is 0. The van der Waals surface area contributed by atoms with Gasteiger partial charge in [0.2, 0.25) is 18.8 Å². The lowest BCUT2D eigenvalue weighted by Gasteiger charge is -2.35. The molecule has 7 rings (SSSR count). The minimum absolute atomic E-state index is 0.00402. The first-order chi connectivity index (χ1) is 21.5. The highest BCUT2D eigenvalue weighted by atomic mass is 16.7. The quantitative estimate of drug-likeness (QED) is 0.380. The van der Waals surface area contributed by atoms with Crippen molar-refractivity contribution in [3.8, 4) is 40.2 Å². The third-order valence-electron chi connectivity index (χ3n) is 8.99. The van der Waals surface area contributed by atoms with E-state index in [0.717, 1.165) is 33.9 Å². The molecule has 0 amide bonds. The summed E-state index contributed by atoms with van der Waals surface area (Å²) in [5.41, 5.74) is 1.42. The van der Waals surface area contributed by atoms with Crippen molar-refractivity contribution < 1.29 is 52.5 Å². The summed E-state index contributed by atoms with van der Waals surface area (Å²) in [6, 6.07) is 15.3. The molecule has 11 nitrogen and oxygen atoms in total. The van der Waals surface area contributed by atoms with Gasteiger partial charge in [-0.15, -0.1) is 0 Å². The van der Waals surface area contributed by atoms with E-state index in [2.05, 4.69) is 0 Å². The number of ether oxygens (including phenoxy) is 10. The molecule has 0 unspecified atom stereocenters. The van der Waals surface area contributed by atoms with E-state index < -0.39 is 23.9 Å². The Kier molecular flexibility index (Phi) is 7.57. The van der Waals surface area contributed by atoms with Crippen molar-refractivity contribution in [2.45, 2.75) is 36.4 Å². The average molecular weight is 609 g/mol. The molecule has 0 bridgehead atoms. The van der Waals surface area contributed by atoms with Crippen molar-refractivity contribution in [1.29, 1.82) is 0 Å². The molecule has 4 heterocycles. The lowest BCUT2D eigenvalue weighted by atomic mass is 9.82. The van der Waals surface area contributed by atoms with Gasteiger partial charge in [-0.25, -0.2) is 0 Å². The van der Waals surface area contributed by atoms with Crippen LogP contribution in [-0.4, -0.2) is 78.2 Å². The molecule has 3 aromatic rings. The lowest BCUT2D eigenvalue weighted by molar-refractivity contribution is -0.153. The highest BCUT2D eigenvalue weighted by molar-refractivity contribution is 5.53. The van der Waals surface area contributed by atoms with E-state index in [-0.39, 0.29) is 32.0 Å². The van der Waals surface area contributed by atoms with E-state index in [0.29, 0.717) is 36.0 Å². The molecule has 4 aliphatic heterocycles. The number of benzene rings is 3. The molecular formula is C33H36O11. The molecule has 6 atom stereocenters. The van der Waals surface area contributed by atoms with Gasteiger partial charge >= 0.3 is 0 Å². The number of hydrogen-bond acceptors (Lipinski definition) is 11. The van der Waals surface area contributed by atoms with Crippen molar-refractivity contribution >= 4 is 0 Å². The highest BCUT2D eigenvalue weighted by Crippen LogP contribution is 2.53. The zero-order chi connectivity index (χ0) is 30.4. The van der Waals surface area contributed by atoms with Crippen molar-refractivity contribution in [1.82, 2.24) is 0 Å². The second-order valence-corrected chi connectivity index (χ2v) is 11.3. The largest absolute Gasteiger partial charge is 0.496 e. The van der Waals surface area contributed by atoms with Gasteiger partial charge < -0.3 is 52.5 Å². The maximum Gasteiger partial charge on any atom is 0.232 e. The van der Waals surface area contributed by atoms with E-state index in [1.165, 1.54) is 0 Å². The first-order valence-electron chi connectivity index (χ1n) is 14.6. The van der Waals surface area contributed by atoms with E-state index in [1.807, 2.05) is 30.3 Å². The Morgan fingerprint density at radius 2 is 1.64 bits per heavy atom. The van der Waals surface area contributed by atoms with E-state index in [1.54, 1.807) is 46.6 Å². The van der Waals surface area contributed by atoms with Gasteiger partial charge in [0, 0.05) is 18.6 Å². The maximum absolute atomic E-state index is 11.9. The number of rotatable bonds is 9. The van der Waals surface area contributed by atoms with E-state index in [4.69, 9.17) is 47.4 Å². The SMILES string of the molecule is COC[C@@H]1Oc2cc([C@H]3OC[C@]4(O)[C@@H](Oc5c(OC)cccc5OC)OC[C@H]34)c(OC)cc2C[C@H]1c1ccc2c(c1)OCO2. The van der Waals surface area contributed by atoms with Gasteiger partial charge in [-0.3, -0.25) is 0 Å². The minimum Gasteiger partial charge on any atom is -0.496 e. The molecule has 0 saturated carbocycles.